The van der Waals surface area contributed by atoms with Gasteiger partial charge in [-0.2, -0.15) is 18.8 Å². The van der Waals surface area contributed by atoms with Crippen LogP contribution < -0.4 is 4.72 Å². The maximum absolute atomic E-state index is 12.1. The van der Waals surface area contributed by atoms with Gasteiger partial charge in [0.25, 0.3) is 10.0 Å². The number of aryl methyl sites for hydroxylation is 1. The summed E-state index contributed by atoms with van der Waals surface area (Å²) in [6, 6.07) is 7.60. The summed E-state index contributed by atoms with van der Waals surface area (Å²) < 4.78 is 27.8. The molecule has 0 aliphatic rings. The Morgan fingerprint density at radius 2 is 2.16 bits per heavy atom. The summed E-state index contributed by atoms with van der Waals surface area (Å²) in [5.41, 5.74) is 0.325. The van der Waals surface area contributed by atoms with E-state index in [1.54, 1.807) is 0 Å². The highest BCUT2D eigenvalue weighted by molar-refractivity contribution is 7.92. The third-order valence-electron chi connectivity index (χ3n) is 2.40. The fourth-order valence-corrected chi connectivity index (χ4v) is 2.89. The zero-order valence-corrected chi connectivity index (χ0v) is 11.4. The minimum absolute atomic E-state index is 0.00337. The predicted octanol–water partition coefficient (Wildman–Crippen LogP) is 1.75. The molecule has 98 valence electrons. The third kappa shape index (κ3) is 2.70. The molecule has 1 aromatic heterocycles. The average Bonchev–Trinajstić information content (AvgIpc) is 2.76. The van der Waals surface area contributed by atoms with Crippen molar-refractivity contribution in [2.24, 2.45) is 7.05 Å². The normalized spacial score (nSPS) is 11.0. The Labute approximate surface area is 115 Å². The molecule has 1 aromatic carbocycles. The zero-order chi connectivity index (χ0) is 14.0. The van der Waals surface area contributed by atoms with Gasteiger partial charge in [-0.05, 0) is 24.3 Å². The first-order chi connectivity index (χ1) is 8.94. The van der Waals surface area contributed by atoms with Crippen molar-refractivity contribution in [3.05, 3.63) is 41.0 Å². The van der Waals surface area contributed by atoms with Gasteiger partial charge in [-0.25, -0.2) is 0 Å². The lowest BCUT2D eigenvalue weighted by atomic mass is 10.2. The Morgan fingerprint density at radius 1 is 1.42 bits per heavy atom. The number of nitriles is 1. The van der Waals surface area contributed by atoms with Crippen LogP contribution >= 0.6 is 11.6 Å². The van der Waals surface area contributed by atoms with E-state index in [2.05, 4.69) is 9.82 Å². The quantitative estimate of drug-likeness (QED) is 0.934. The monoisotopic (exact) mass is 296 g/mol. The number of anilines is 1. The zero-order valence-electron chi connectivity index (χ0n) is 9.83. The molecule has 0 saturated carbocycles. The van der Waals surface area contributed by atoms with Crippen LogP contribution in [0.25, 0.3) is 0 Å². The molecule has 0 atom stereocenters. The molecule has 0 radical (unpaired) electrons. The summed E-state index contributed by atoms with van der Waals surface area (Å²) in [6.07, 6.45) is 1.37. The second kappa shape index (κ2) is 4.91. The van der Waals surface area contributed by atoms with Crippen molar-refractivity contribution in [3.8, 4) is 6.07 Å². The van der Waals surface area contributed by atoms with Crippen LogP contribution in [0.1, 0.15) is 5.56 Å². The van der Waals surface area contributed by atoms with Crippen molar-refractivity contribution in [3.63, 3.8) is 0 Å². The second-order valence-electron chi connectivity index (χ2n) is 3.70. The third-order valence-corrected chi connectivity index (χ3v) is 4.07. The maximum Gasteiger partial charge on any atom is 0.279 e. The molecule has 2 aromatic rings. The van der Waals surface area contributed by atoms with Gasteiger partial charge in [-0.15, -0.1) is 0 Å². The van der Waals surface area contributed by atoms with E-state index in [-0.39, 0.29) is 16.3 Å². The molecule has 1 heterocycles. The molecular formula is C11H9ClN4O2S. The Hall–Kier alpha value is -2.04. The lowest BCUT2D eigenvalue weighted by molar-refractivity contribution is 0.582. The van der Waals surface area contributed by atoms with Gasteiger partial charge in [0, 0.05) is 12.1 Å². The maximum atomic E-state index is 12.1. The molecule has 0 amide bonds. The van der Waals surface area contributed by atoms with Crippen molar-refractivity contribution in [1.82, 2.24) is 9.78 Å². The van der Waals surface area contributed by atoms with E-state index in [4.69, 9.17) is 16.9 Å². The van der Waals surface area contributed by atoms with Crippen LogP contribution in [0.2, 0.25) is 5.02 Å². The molecule has 1 N–H and O–H groups in total. The topological polar surface area (TPSA) is 87.8 Å². The number of benzene rings is 1. The molecule has 19 heavy (non-hydrogen) atoms. The molecule has 2 rings (SSSR count). The lowest BCUT2D eigenvalue weighted by Crippen LogP contribution is -2.17. The fraction of sp³-hybridized carbons (Fsp3) is 0.0909. The number of halogens is 1. The number of aromatic nitrogens is 2. The average molecular weight is 297 g/mol. The molecule has 8 heteroatoms. The Balaban J connectivity index is 2.45. The highest BCUT2D eigenvalue weighted by Gasteiger charge is 2.19. The summed E-state index contributed by atoms with van der Waals surface area (Å²) in [4.78, 5) is 0. The summed E-state index contributed by atoms with van der Waals surface area (Å²) in [7, 11) is -2.30. The van der Waals surface area contributed by atoms with Gasteiger partial charge in [0.05, 0.1) is 17.4 Å². The molecule has 6 nitrogen and oxygen atoms in total. The Kier molecular flexibility index (Phi) is 3.46. The number of nitrogens with zero attached hydrogens (tertiary/aromatic N) is 3. The van der Waals surface area contributed by atoms with Crippen LogP contribution in [-0.4, -0.2) is 18.2 Å². The van der Waals surface area contributed by atoms with Crippen molar-refractivity contribution >= 4 is 27.3 Å². The van der Waals surface area contributed by atoms with Crippen molar-refractivity contribution in [1.29, 1.82) is 5.26 Å². The van der Waals surface area contributed by atoms with Crippen LogP contribution in [0, 0.1) is 11.3 Å². The number of sulfonamides is 1. The van der Waals surface area contributed by atoms with Crippen molar-refractivity contribution in [2.75, 3.05) is 4.72 Å². The van der Waals surface area contributed by atoms with Crippen LogP contribution in [0.3, 0.4) is 0 Å². The summed E-state index contributed by atoms with van der Waals surface area (Å²) in [6.45, 7) is 0. The first-order valence-corrected chi connectivity index (χ1v) is 7.00. The molecule has 0 saturated heterocycles. The molecule has 0 aliphatic carbocycles. The Bertz CT molecular complexity index is 761. The Morgan fingerprint density at radius 3 is 2.74 bits per heavy atom. The molecule has 0 spiro atoms. The van der Waals surface area contributed by atoms with Gasteiger partial charge >= 0.3 is 0 Å². The fourth-order valence-electron chi connectivity index (χ4n) is 1.52. The SMILES string of the molecule is Cn1nccc1S(=O)(=O)Nc1cc(Cl)ccc1C#N. The van der Waals surface area contributed by atoms with Crippen LogP contribution in [-0.2, 0) is 17.1 Å². The van der Waals surface area contributed by atoms with Crippen LogP contribution in [0.15, 0.2) is 35.5 Å². The number of hydrogen-bond acceptors (Lipinski definition) is 4. The van der Waals surface area contributed by atoms with E-state index >= 15 is 0 Å². The molecule has 0 fully saturated rings. The lowest BCUT2D eigenvalue weighted by Gasteiger charge is -2.09. The van der Waals surface area contributed by atoms with E-state index in [9.17, 15) is 8.42 Å². The predicted molar refractivity (Wildman–Crippen MR) is 70.2 cm³/mol. The first kappa shape index (κ1) is 13.4. The molecule has 0 aliphatic heterocycles. The minimum atomic E-state index is -3.81. The summed E-state index contributed by atoms with van der Waals surface area (Å²) in [5.74, 6) is 0. The van der Waals surface area contributed by atoms with Crippen LogP contribution in [0.4, 0.5) is 5.69 Å². The first-order valence-electron chi connectivity index (χ1n) is 5.14. The van der Waals surface area contributed by atoms with E-state index in [0.717, 1.165) is 0 Å². The van der Waals surface area contributed by atoms with E-state index in [0.29, 0.717) is 5.02 Å². The van der Waals surface area contributed by atoms with Gasteiger partial charge in [0.1, 0.15) is 6.07 Å². The van der Waals surface area contributed by atoms with E-state index in [1.807, 2.05) is 6.07 Å². The summed E-state index contributed by atoms with van der Waals surface area (Å²) in [5, 5.41) is 13.1. The minimum Gasteiger partial charge on any atom is -0.277 e. The largest absolute Gasteiger partial charge is 0.279 e. The van der Waals surface area contributed by atoms with Gasteiger partial charge < -0.3 is 0 Å². The second-order valence-corrected chi connectivity index (χ2v) is 5.77. The van der Waals surface area contributed by atoms with Crippen molar-refractivity contribution < 1.29 is 8.42 Å². The smallest absolute Gasteiger partial charge is 0.277 e. The van der Waals surface area contributed by atoms with Gasteiger partial charge in [0.15, 0.2) is 5.03 Å². The number of hydrogen-bond donors (Lipinski definition) is 1. The number of rotatable bonds is 3. The van der Waals surface area contributed by atoms with Crippen molar-refractivity contribution in [2.45, 2.75) is 5.03 Å². The molecule has 0 unspecified atom stereocenters. The van der Waals surface area contributed by atoms with Gasteiger partial charge in [0.2, 0.25) is 0 Å². The molecule has 0 bridgehead atoms. The highest BCUT2D eigenvalue weighted by atomic mass is 35.5. The standard InChI is InChI=1S/C11H9ClN4O2S/c1-16-11(4-5-14-16)19(17,18)15-10-6-9(12)3-2-8(10)7-13/h2-6,15H,1H3. The summed E-state index contributed by atoms with van der Waals surface area (Å²) >= 11 is 5.80. The van der Waals surface area contributed by atoms with Gasteiger partial charge in [-0.1, -0.05) is 11.6 Å². The molecular weight excluding hydrogens is 288 g/mol. The van der Waals surface area contributed by atoms with Gasteiger partial charge in [-0.3, -0.25) is 9.40 Å². The number of nitrogens with one attached hydrogen (secondary N) is 1. The van der Waals surface area contributed by atoms with E-state index in [1.165, 1.54) is 42.2 Å². The van der Waals surface area contributed by atoms with Crippen LogP contribution in [0.5, 0.6) is 0 Å². The highest BCUT2D eigenvalue weighted by Crippen LogP contribution is 2.23. The van der Waals surface area contributed by atoms with E-state index < -0.39 is 10.0 Å².